The van der Waals surface area contributed by atoms with Gasteiger partial charge in [0, 0.05) is 23.3 Å². The topological polar surface area (TPSA) is 34.2 Å². The molecule has 5 heteroatoms. The van der Waals surface area contributed by atoms with E-state index in [4.69, 9.17) is 27.9 Å². The van der Waals surface area contributed by atoms with Gasteiger partial charge < -0.3 is 10.1 Å². The van der Waals surface area contributed by atoms with Crippen LogP contribution in [0.5, 0.6) is 11.6 Å². The lowest BCUT2D eigenvalue weighted by Gasteiger charge is -2.11. The van der Waals surface area contributed by atoms with E-state index in [1.807, 2.05) is 6.07 Å². The Morgan fingerprint density at radius 3 is 2.62 bits per heavy atom. The highest BCUT2D eigenvalue weighted by Gasteiger charge is 2.07. The van der Waals surface area contributed by atoms with E-state index in [0.29, 0.717) is 21.7 Å². The molecular formula is C16H18Cl2N2O. The van der Waals surface area contributed by atoms with Crippen LogP contribution in [-0.2, 0) is 13.0 Å². The molecule has 0 atom stereocenters. The summed E-state index contributed by atoms with van der Waals surface area (Å²) < 4.78 is 5.80. The lowest BCUT2D eigenvalue weighted by molar-refractivity contribution is 0.460. The summed E-state index contributed by atoms with van der Waals surface area (Å²) in [5.74, 6) is 1.10. The van der Waals surface area contributed by atoms with Crippen LogP contribution in [-0.4, -0.2) is 11.5 Å². The van der Waals surface area contributed by atoms with Gasteiger partial charge in [-0.05, 0) is 42.8 Å². The molecule has 0 spiro atoms. The molecule has 0 unspecified atom stereocenters. The average Bonchev–Trinajstić information content (AvgIpc) is 2.48. The van der Waals surface area contributed by atoms with Crippen molar-refractivity contribution >= 4 is 23.2 Å². The predicted octanol–water partition coefficient (Wildman–Crippen LogP) is 4.85. The molecule has 2 rings (SSSR count). The summed E-state index contributed by atoms with van der Waals surface area (Å²) in [4.78, 5) is 4.48. The molecule has 0 radical (unpaired) electrons. The van der Waals surface area contributed by atoms with E-state index in [1.165, 1.54) is 0 Å². The number of nitrogens with one attached hydrogen (secondary N) is 1. The lowest BCUT2D eigenvalue weighted by atomic mass is 10.2. The van der Waals surface area contributed by atoms with Gasteiger partial charge in [-0.3, -0.25) is 0 Å². The van der Waals surface area contributed by atoms with Crippen molar-refractivity contribution in [2.75, 3.05) is 6.54 Å². The highest BCUT2D eigenvalue weighted by Crippen LogP contribution is 2.31. The van der Waals surface area contributed by atoms with Crippen LogP contribution >= 0.6 is 23.2 Å². The van der Waals surface area contributed by atoms with Crippen LogP contribution in [0.1, 0.15) is 25.1 Å². The summed E-state index contributed by atoms with van der Waals surface area (Å²) in [5, 5.41) is 4.35. The van der Waals surface area contributed by atoms with E-state index in [0.717, 1.165) is 30.8 Å². The van der Waals surface area contributed by atoms with Crippen molar-refractivity contribution in [3.05, 3.63) is 51.6 Å². The van der Waals surface area contributed by atoms with Gasteiger partial charge in [0.05, 0.1) is 5.02 Å². The Morgan fingerprint density at radius 2 is 1.95 bits per heavy atom. The van der Waals surface area contributed by atoms with E-state index >= 15 is 0 Å². The van der Waals surface area contributed by atoms with Gasteiger partial charge in [0.2, 0.25) is 5.88 Å². The Bertz CT molecular complexity index is 617. The highest BCUT2D eigenvalue weighted by atomic mass is 35.5. The lowest BCUT2D eigenvalue weighted by Crippen LogP contribution is -2.12. The second kappa shape index (κ2) is 7.64. The number of pyridine rings is 1. The van der Waals surface area contributed by atoms with E-state index in [9.17, 15) is 0 Å². The van der Waals surface area contributed by atoms with Gasteiger partial charge in [-0.25, -0.2) is 4.98 Å². The van der Waals surface area contributed by atoms with Gasteiger partial charge in [-0.1, -0.05) is 37.0 Å². The largest absolute Gasteiger partial charge is 0.437 e. The summed E-state index contributed by atoms with van der Waals surface area (Å²) >= 11 is 12.0. The zero-order chi connectivity index (χ0) is 15.2. The monoisotopic (exact) mass is 324 g/mol. The maximum Gasteiger partial charge on any atom is 0.219 e. The second-order valence-electron chi connectivity index (χ2n) is 4.62. The Balaban J connectivity index is 2.25. The molecule has 0 fully saturated rings. The number of aryl methyl sites for hydroxylation is 1. The Morgan fingerprint density at radius 1 is 1.14 bits per heavy atom. The van der Waals surface area contributed by atoms with E-state index in [1.54, 1.807) is 18.2 Å². The minimum atomic E-state index is 0.472. The first-order valence-electron chi connectivity index (χ1n) is 6.95. The molecule has 2 aromatic rings. The van der Waals surface area contributed by atoms with Crippen molar-refractivity contribution in [2.24, 2.45) is 0 Å². The Labute approximate surface area is 135 Å². The Kier molecular flexibility index (Phi) is 5.85. The van der Waals surface area contributed by atoms with Gasteiger partial charge in [-0.2, -0.15) is 0 Å². The molecular weight excluding hydrogens is 307 g/mol. The van der Waals surface area contributed by atoms with E-state index < -0.39 is 0 Å². The van der Waals surface area contributed by atoms with Gasteiger partial charge in [-0.15, -0.1) is 0 Å². The first kappa shape index (κ1) is 16.1. The summed E-state index contributed by atoms with van der Waals surface area (Å²) in [6.07, 6.45) is 0.852. The molecule has 1 N–H and O–H groups in total. The molecule has 0 saturated carbocycles. The molecule has 21 heavy (non-hydrogen) atoms. The molecule has 112 valence electrons. The fourth-order valence-electron chi connectivity index (χ4n) is 1.90. The van der Waals surface area contributed by atoms with Crippen LogP contribution in [0.15, 0.2) is 30.3 Å². The third-order valence-electron chi connectivity index (χ3n) is 2.96. The van der Waals surface area contributed by atoms with Crippen LogP contribution < -0.4 is 10.1 Å². The summed E-state index contributed by atoms with van der Waals surface area (Å²) in [6, 6.07) is 9.15. The summed E-state index contributed by atoms with van der Waals surface area (Å²) in [7, 11) is 0. The fourth-order valence-corrected chi connectivity index (χ4v) is 2.34. The molecule has 0 saturated heterocycles. The number of halogens is 2. The summed E-state index contributed by atoms with van der Waals surface area (Å²) in [6.45, 7) is 5.85. The average molecular weight is 325 g/mol. The number of nitrogens with zero attached hydrogens (tertiary/aromatic N) is 1. The van der Waals surface area contributed by atoms with Crippen molar-refractivity contribution in [3.63, 3.8) is 0 Å². The second-order valence-corrected chi connectivity index (χ2v) is 5.46. The minimum Gasteiger partial charge on any atom is -0.437 e. The number of rotatable bonds is 6. The molecule has 1 heterocycles. The third-order valence-corrected chi connectivity index (χ3v) is 3.49. The molecule has 3 nitrogen and oxygen atoms in total. The van der Waals surface area contributed by atoms with Gasteiger partial charge in [0.1, 0.15) is 5.75 Å². The van der Waals surface area contributed by atoms with Crippen molar-refractivity contribution in [1.29, 1.82) is 0 Å². The number of aromatic nitrogens is 1. The normalized spacial score (nSPS) is 10.7. The van der Waals surface area contributed by atoms with Crippen LogP contribution in [0.4, 0.5) is 0 Å². The molecule has 1 aromatic carbocycles. The first-order chi connectivity index (χ1) is 10.1. The maximum absolute atomic E-state index is 6.13. The fraction of sp³-hybridized carbons (Fsp3) is 0.312. The zero-order valence-corrected chi connectivity index (χ0v) is 13.6. The molecule has 0 aliphatic carbocycles. The zero-order valence-electron chi connectivity index (χ0n) is 12.1. The standard InChI is InChI=1S/C16H18Cl2N2O/c1-3-13-7-11(10-19-4-2)8-16(20-13)21-15-6-5-12(17)9-14(15)18/h5-9,19H,3-4,10H2,1-2H3. The summed E-state index contributed by atoms with van der Waals surface area (Å²) in [5.41, 5.74) is 2.13. The van der Waals surface area contributed by atoms with E-state index in [-0.39, 0.29) is 0 Å². The molecule has 0 bridgehead atoms. The van der Waals surface area contributed by atoms with Crippen molar-refractivity contribution in [2.45, 2.75) is 26.8 Å². The van der Waals surface area contributed by atoms with Crippen LogP contribution in [0, 0.1) is 0 Å². The molecule has 0 aliphatic rings. The quantitative estimate of drug-likeness (QED) is 0.824. The number of hydrogen-bond donors (Lipinski definition) is 1. The highest BCUT2D eigenvalue weighted by molar-refractivity contribution is 6.35. The van der Waals surface area contributed by atoms with Crippen LogP contribution in [0.25, 0.3) is 0 Å². The van der Waals surface area contributed by atoms with Crippen molar-refractivity contribution < 1.29 is 4.74 Å². The van der Waals surface area contributed by atoms with Crippen molar-refractivity contribution in [3.8, 4) is 11.6 Å². The minimum absolute atomic E-state index is 0.472. The van der Waals surface area contributed by atoms with Gasteiger partial charge >= 0.3 is 0 Å². The van der Waals surface area contributed by atoms with Gasteiger partial charge in [0.25, 0.3) is 0 Å². The molecule has 0 aliphatic heterocycles. The first-order valence-corrected chi connectivity index (χ1v) is 7.71. The van der Waals surface area contributed by atoms with Gasteiger partial charge in [0.15, 0.2) is 0 Å². The Hall–Kier alpha value is -1.29. The molecule has 1 aromatic heterocycles. The smallest absolute Gasteiger partial charge is 0.219 e. The predicted molar refractivity (Wildman–Crippen MR) is 87.5 cm³/mol. The number of ether oxygens (including phenoxy) is 1. The van der Waals surface area contributed by atoms with Crippen molar-refractivity contribution in [1.82, 2.24) is 10.3 Å². The van der Waals surface area contributed by atoms with Crippen LogP contribution in [0.3, 0.4) is 0 Å². The van der Waals surface area contributed by atoms with Crippen LogP contribution in [0.2, 0.25) is 10.0 Å². The number of hydrogen-bond acceptors (Lipinski definition) is 3. The SMILES string of the molecule is CCNCc1cc(CC)nc(Oc2ccc(Cl)cc2Cl)c1. The third kappa shape index (κ3) is 4.60. The molecule has 0 amide bonds. The maximum atomic E-state index is 6.13. The van der Waals surface area contributed by atoms with E-state index in [2.05, 4.69) is 30.2 Å². The number of benzene rings is 1.